The molecule has 1 atom stereocenters. The molecule has 1 aliphatic heterocycles. The van der Waals surface area contributed by atoms with E-state index in [4.69, 9.17) is 14.2 Å². The fraction of sp³-hybridized carbons (Fsp3) is 0.292. The van der Waals surface area contributed by atoms with Gasteiger partial charge in [-0.15, -0.1) is 0 Å². The number of urea groups is 1. The third-order valence-corrected chi connectivity index (χ3v) is 5.82. The van der Waals surface area contributed by atoms with E-state index in [-0.39, 0.29) is 18.1 Å². The number of hydrogen-bond donors (Lipinski definition) is 3. The molecule has 0 saturated carbocycles. The molecular formula is C24H26IN3O6. The Morgan fingerprint density at radius 1 is 1.15 bits per heavy atom. The van der Waals surface area contributed by atoms with Crippen molar-refractivity contribution in [3.8, 4) is 11.5 Å². The molecule has 0 aromatic heterocycles. The average molecular weight is 579 g/mol. The molecule has 0 aliphatic carbocycles. The fourth-order valence-electron chi connectivity index (χ4n) is 3.47. The molecular weight excluding hydrogens is 553 g/mol. The molecule has 9 nitrogen and oxygen atoms in total. The zero-order valence-electron chi connectivity index (χ0n) is 19.1. The smallest absolute Gasteiger partial charge is 0.337 e. The van der Waals surface area contributed by atoms with Gasteiger partial charge in [-0.2, -0.15) is 0 Å². The molecule has 0 bridgehead atoms. The van der Waals surface area contributed by atoms with E-state index in [1.807, 2.05) is 37.3 Å². The topological polar surface area (TPSA) is 115 Å². The van der Waals surface area contributed by atoms with Gasteiger partial charge >= 0.3 is 12.0 Å². The number of esters is 1. The first-order chi connectivity index (χ1) is 16.3. The van der Waals surface area contributed by atoms with Gasteiger partial charge in [-0.3, -0.25) is 4.79 Å². The Labute approximate surface area is 211 Å². The lowest BCUT2D eigenvalue weighted by Gasteiger charge is -2.28. The van der Waals surface area contributed by atoms with E-state index >= 15 is 0 Å². The first-order valence-corrected chi connectivity index (χ1v) is 11.7. The van der Waals surface area contributed by atoms with Gasteiger partial charge in [0.05, 0.1) is 28.9 Å². The molecule has 1 heterocycles. The number of hydrogen-bond acceptors (Lipinski definition) is 6. The zero-order chi connectivity index (χ0) is 24.7. The van der Waals surface area contributed by atoms with E-state index in [2.05, 4.69) is 38.5 Å². The van der Waals surface area contributed by atoms with Gasteiger partial charge in [0, 0.05) is 12.2 Å². The Morgan fingerprint density at radius 3 is 2.56 bits per heavy atom. The van der Waals surface area contributed by atoms with Crippen LogP contribution in [-0.4, -0.2) is 38.2 Å². The SMILES string of the molecule is CCOc1cc([C@H]2NC(=O)NC(C)=C2C(=O)OC)cc(I)c1OCC(=O)NCc1ccccc1. The molecule has 0 fully saturated rings. The van der Waals surface area contributed by atoms with Crippen LogP contribution >= 0.6 is 22.6 Å². The molecule has 0 saturated heterocycles. The maximum absolute atomic E-state index is 12.4. The summed E-state index contributed by atoms with van der Waals surface area (Å²) in [6.07, 6.45) is 0. The highest BCUT2D eigenvalue weighted by Crippen LogP contribution is 2.38. The first-order valence-electron chi connectivity index (χ1n) is 10.6. The lowest BCUT2D eigenvalue weighted by molar-refractivity contribution is -0.136. The van der Waals surface area contributed by atoms with Gasteiger partial charge in [0.2, 0.25) is 0 Å². The highest BCUT2D eigenvalue weighted by atomic mass is 127. The quantitative estimate of drug-likeness (QED) is 0.311. The minimum Gasteiger partial charge on any atom is -0.490 e. The summed E-state index contributed by atoms with van der Waals surface area (Å²) < 4.78 is 17.1. The first kappa shape index (κ1) is 25.3. The molecule has 0 radical (unpaired) electrons. The van der Waals surface area contributed by atoms with Gasteiger partial charge in [0.25, 0.3) is 5.91 Å². The lowest BCUT2D eigenvalue weighted by atomic mass is 9.95. The molecule has 3 rings (SSSR count). The lowest BCUT2D eigenvalue weighted by Crippen LogP contribution is -2.45. The third kappa shape index (κ3) is 6.19. The number of carbonyl (C=O) groups excluding carboxylic acids is 3. The van der Waals surface area contributed by atoms with E-state index in [1.54, 1.807) is 19.1 Å². The summed E-state index contributed by atoms with van der Waals surface area (Å²) in [5.74, 6) is -0.0294. The Balaban J connectivity index is 1.81. The summed E-state index contributed by atoms with van der Waals surface area (Å²) in [6.45, 7) is 4.02. The van der Waals surface area contributed by atoms with Gasteiger partial charge in [-0.1, -0.05) is 30.3 Å². The predicted octanol–water partition coefficient (Wildman–Crippen LogP) is 3.19. The van der Waals surface area contributed by atoms with Crippen LogP contribution in [0.25, 0.3) is 0 Å². The molecule has 180 valence electrons. The van der Waals surface area contributed by atoms with E-state index in [9.17, 15) is 14.4 Å². The molecule has 10 heteroatoms. The van der Waals surface area contributed by atoms with Crippen molar-refractivity contribution in [2.75, 3.05) is 20.3 Å². The number of halogens is 1. The maximum Gasteiger partial charge on any atom is 0.337 e. The fourth-order valence-corrected chi connectivity index (χ4v) is 4.25. The molecule has 2 aromatic rings. The minimum absolute atomic E-state index is 0.196. The minimum atomic E-state index is -0.739. The Kier molecular flexibility index (Phi) is 8.74. The van der Waals surface area contributed by atoms with Crippen LogP contribution in [0.3, 0.4) is 0 Å². The average Bonchev–Trinajstić information content (AvgIpc) is 2.82. The number of amides is 3. The van der Waals surface area contributed by atoms with E-state index in [1.165, 1.54) is 7.11 Å². The van der Waals surface area contributed by atoms with Crippen LogP contribution in [0, 0.1) is 3.57 Å². The van der Waals surface area contributed by atoms with Crippen molar-refractivity contribution in [3.63, 3.8) is 0 Å². The summed E-state index contributed by atoms with van der Waals surface area (Å²) in [6, 6.07) is 11.9. The highest BCUT2D eigenvalue weighted by molar-refractivity contribution is 14.1. The molecule has 0 spiro atoms. The largest absolute Gasteiger partial charge is 0.490 e. The number of allylic oxidation sites excluding steroid dienone is 1. The number of benzene rings is 2. The summed E-state index contributed by atoms with van der Waals surface area (Å²) >= 11 is 2.07. The van der Waals surface area contributed by atoms with Crippen LogP contribution < -0.4 is 25.4 Å². The Hall–Kier alpha value is -3.28. The van der Waals surface area contributed by atoms with Gasteiger partial charge < -0.3 is 30.2 Å². The van der Waals surface area contributed by atoms with Crippen molar-refractivity contribution in [1.29, 1.82) is 0 Å². The molecule has 2 aromatic carbocycles. The van der Waals surface area contributed by atoms with Crippen LogP contribution in [0.2, 0.25) is 0 Å². The number of carbonyl (C=O) groups is 3. The molecule has 34 heavy (non-hydrogen) atoms. The second kappa shape index (κ2) is 11.7. The number of ether oxygens (including phenoxy) is 3. The van der Waals surface area contributed by atoms with E-state index in [0.717, 1.165) is 5.56 Å². The van der Waals surface area contributed by atoms with Crippen molar-refractivity contribution in [2.24, 2.45) is 0 Å². The summed E-state index contributed by atoms with van der Waals surface area (Å²) in [5, 5.41) is 8.17. The highest BCUT2D eigenvalue weighted by Gasteiger charge is 2.33. The van der Waals surface area contributed by atoms with Gasteiger partial charge in [-0.25, -0.2) is 9.59 Å². The predicted molar refractivity (Wildman–Crippen MR) is 133 cm³/mol. The number of nitrogens with one attached hydrogen (secondary N) is 3. The Bertz CT molecular complexity index is 1100. The second-order valence-electron chi connectivity index (χ2n) is 7.38. The van der Waals surface area contributed by atoms with Crippen LogP contribution in [-0.2, 0) is 20.9 Å². The van der Waals surface area contributed by atoms with Crippen molar-refractivity contribution in [1.82, 2.24) is 16.0 Å². The van der Waals surface area contributed by atoms with Crippen LogP contribution in [0.5, 0.6) is 11.5 Å². The van der Waals surface area contributed by atoms with Crippen LogP contribution in [0.4, 0.5) is 4.79 Å². The normalized spacial score (nSPS) is 15.2. The third-order valence-electron chi connectivity index (χ3n) is 5.02. The van der Waals surface area contributed by atoms with Crippen molar-refractivity contribution in [3.05, 3.63) is 68.4 Å². The van der Waals surface area contributed by atoms with Crippen LogP contribution in [0.15, 0.2) is 53.7 Å². The summed E-state index contributed by atoms with van der Waals surface area (Å²) in [7, 11) is 1.28. The molecule has 3 N–H and O–H groups in total. The molecule has 1 aliphatic rings. The van der Waals surface area contributed by atoms with Crippen molar-refractivity contribution < 1.29 is 28.6 Å². The van der Waals surface area contributed by atoms with Gasteiger partial charge in [0.1, 0.15) is 0 Å². The second-order valence-corrected chi connectivity index (χ2v) is 8.54. The van der Waals surface area contributed by atoms with E-state index in [0.29, 0.717) is 39.5 Å². The van der Waals surface area contributed by atoms with Gasteiger partial charge in [-0.05, 0) is 59.7 Å². The molecule has 0 unspecified atom stereocenters. The van der Waals surface area contributed by atoms with Crippen molar-refractivity contribution in [2.45, 2.75) is 26.4 Å². The number of methoxy groups -OCH3 is 1. The maximum atomic E-state index is 12.4. The van der Waals surface area contributed by atoms with E-state index < -0.39 is 18.0 Å². The zero-order valence-corrected chi connectivity index (χ0v) is 21.2. The number of rotatable bonds is 9. The molecule has 3 amide bonds. The van der Waals surface area contributed by atoms with Crippen molar-refractivity contribution >= 4 is 40.5 Å². The monoisotopic (exact) mass is 579 g/mol. The summed E-state index contributed by atoms with van der Waals surface area (Å²) in [4.78, 5) is 36.8. The van der Waals surface area contributed by atoms with Gasteiger partial charge in [0.15, 0.2) is 18.1 Å². The summed E-state index contributed by atoms with van der Waals surface area (Å²) in [5.41, 5.74) is 2.29. The Morgan fingerprint density at radius 2 is 1.88 bits per heavy atom. The van der Waals surface area contributed by atoms with Crippen LogP contribution in [0.1, 0.15) is 31.0 Å². The standard InChI is InChI=1S/C24H26IN3O6/c1-4-33-18-11-16(21-20(23(30)32-3)14(2)27-24(31)28-21)10-17(25)22(18)34-13-19(29)26-12-15-8-6-5-7-9-15/h5-11,21H,4,12-13H2,1-3H3,(H,26,29)(H2,27,28,31)/t21-/m1/s1.